The first-order chi connectivity index (χ1) is 12.2. The zero-order chi connectivity index (χ0) is 17.4. The van der Waals surface area contributed by atoms with Gasteiger partial charge < -0.3 is 14.8 Å². The summed E-state index contributed by atoms with van der Waals surface area (Å²) in [6.07, 6.45) is 2.24. The average Bonchev–Trinajstić information content (AvgIpc) is 3.32. The first-order valence-corrected chi connectivity index (χ1v) is 8.90. The molecule has 9 heteroatoms. The van der Waals surface area contributed by atoms with E-state index in [1.54, 1.807) is 0 Å². The van der Waals surface area contributed by atoms with Crippen LogP contribution in [0, 0.1) is 0 Å². The predicted molar refractivity (Wildman–Crippen MR) is 109 cm³/mol. The second-order valence-electron chi connectivity index (χ2n) is 6.86. The van der Waals surface area contributed by atoms with E-state index in [9.17, 15) is 0 Å². The topological polar surface area (TPSA) is 86.0 Å². The molecule has 1 fully saturated rings. The van der Waals surface area contributed by atoms with Crippen molar-refractivity contribution < 1.29 is 4.52 Å². The molecular formula is C18H26Cl2N6O. The summed E-state index contributed by atoms with van der Waals surface area (Å²) in [5.41, 5.74) is 7.82. The lowest BCUT2D eigenvalue weighted by Crippen LogP contribution is -2.26. The lowest BCUT2D eigenvalue weighted by Gasteiger charge is -2.24. The van der Waals surface area contributed by atoms with Gasteiger partial charge in [-0.05, 0) is 45.4 Å². The van der Waals surface area contributed by atoms with Gasteiger partial charge in [0.05, 0.1) is 30.2 Å². The maximum Gasteiger partial charge on any atom is 0.240 e. The maximum atomic E-state index is 5.56. The molecule has 1 unspecified atom stereocenters. The molecule has 27 heavy (non-hydrogen) atoms. The van der Waals surface area contributed by atoms with Gasteiger partial charge in [0.15, 0.2) is 5.82 Å². The zero-order valence-corrected chi connectivity index (χ0v) is 17.2. The highest BCUT2D eigenvalue weighted by Gasteiger charge is 2.32. The first-order valence-electron chi connectivity index (χ1n) is 8.90. The number of imidazole rings is 1. The lowest BCUT2D eigenvalue weighted by molar-refractivity contribution is 0.224. The van der Waals surface area contributed by atoms with E-state index in [0.717, 1.165) is 30.7 Å². The second-order valence-corrected chi connectivity index (χ2v) is 6.86. The Bertz CT molecular complexity index is 878. The molecule has 0 radical (unpaired) electrons. The van der Waals surface area contributed by atoms with Crippen molar-refractivity contribution in [1.82, 2.24) is 24.6 Å². The van der Waals surface area contributed by atoms with Gasteiger partial charge in [-0.15, -0.1) is 24.8 Å². The van der Waals surface area contributed by atoms with Gasteiger partial charge in [0, 0.05) is 6.04 Å². The summed E-state index contributed by atoms with van der Waals surface area (Å²) in [5.74, 6) is 2.32. The van der Waals surface area contributed by atoms with E-state index in [0.29, 0.717) is 24.3 Å². The van der Waals surface area contributed by atoms with E-state index >= 15 is 0 Å². The Labute approximate surface area is 171 Å². The molecule has 1 atom stereocenters. The Morgan fingerprint density at radius 1 is 1.22 bits per heavy atom. The van der Waals surface area contributed by atoms with E-state index < -0.39 is 0 Å². The van der Waals surface area contributed by atoms with Crippen molar-refractivity contribution in [2.75, 3.05) is 6.54 Å². The molecule has 0 bridgehead atoms. The van der Waals surface area contributed by atoms with Crippen molar-refractivity contribution in [1.29, 1.82) is 0 Å². The Morgan fingerprint density at radius 2 is 2.00 bits per heavy atom. The molecular weight excluding hydrogens is 387 g/mol. The number of nitrogens with two attached hydrogens (primary N) is 1. The number of aromatic nitrogens is 4. The Kier molecular flexibility index (Phi) is 7.22. The smallest absolute Gasteiger partial charge is 0.240 e. The molecule has 1 aliphatic heterocycles. The highest BCUT2D eigenvalue weighted by atomic mass is 35.5. The molecule has 0 saturated carbocycles. The summed E-state index contributed by atoms with van der Waals surface area (Å²) in [7, 11) is 0. The van der Waals surface area contributed by atoms with Gasteiger partial charge in [-0.25, -0.2) is 4.98 Å². The van der Waals surface area contributed by atoms with E-state index in [2.05, 4.69) is 51.7 Å². The molecule has 1 aliphatic rings. The van der Waals surface area contributed by atoms with Gasteiger partial charge in [0.2, 0.25) is 5.89 Å². The van der Waals surface area contributed by atoms with Crippen LogP contribution in [0.4, 0.5) is 0 Å². The molecule has 7 nitrogen and oxygen atoms in total. The number of fused-ring (bicyclic) bond motifs is 1. The number of hydrogen-bond donors (Lipinski definition) is 1. The summed E-state index contributed by atoms with van der Waals surface area (Å²) in [6.45, 7) is 6.38. The highest BCUT2D eigenvalue weighted by molar-refractivity contribution is 5.85. The van der Waals surface area contributed by atoms with Gasteiger partial charge in [-0.2, -0.15) is 4.98 Å². The largest absolute Gasteiger partial charge is 0.338 e. The molecule has 4 rings (SSSR count). The number of benzene rings is 1. The third-order valence-corrected chi connectivity index (χ3v) is 4.83. The Morgan fingerprint density at radius 3 is 2.70 bits per heavy atom. The standard InChI is InChI=1S/C18H24N6O.2ClH/c1-12(2)24-14-7-4-3-6-13(14)20-18(24)15-8-5-9-23(15)11-16-21-17(10-19)25-22-16;;/h3-4,6-7,12,15H,5,8-11,19H2,1-2H3;2*1H. The fourth-order valence-electron chi connectivity index (χ4n) is 3.77. The number of likely N-dealkylation sites (tertiary alicyclic amines) is 1. The molecule has 0 amide bonds. The number of hydrogen-bond acceptors (Lipinski definition) is 6. The van der Waals surface area contributed by atoms with Gasteiger partial charge in [0.25, 0.3) is 0 Å². The molecule has 1 aromatic carbocycles. The minimum atomic E-state index is 0. The minimum absolute atomic E-state index is 0. The van der Waals surface area contributed by atoms with Crippen LogP contribution >= 0.6 is 24.8 Å². The number of para-hydroxylation sites is 2. The van der Waals surface area contributed by atoms with E-state index in [1.807, 2.05) is 6.07 Å². The minimum Gasteiger partial charge on any atom is -0.338 e. The van der Waals surface area contributed by atoms with Crippen molar-refractivity contribution >= 4 is 35.8 Å². The quantitative estimate of drug-likeness (QED) is 0.687. The summed E-state index contributed by atoms with van der Waals surface area (Å²) < 4.78 is 7.50. The zero-order valence-electron chi connectivity index (χ0n) is 15.5. The van der Waals surface area contributed by atoms with Gasteiger partial charge >= 0.3 is 0 Å². The van der Waals surface area contributed by atoms with Crippen LogP contribution in [0.1, 0.15) is 56.3 Å². The average molecular weight is 413 g/mol. The van der Waals surface area contributed by atoms with Crippen LogP contribution < -0.4 is 5.73 Å². The van der Waals surface area contributed by atoms with Crippen LogP contribution in [0.5, 0.6) is 0 Å². The van der Waals surface area contributed by atoms with E-state index in [1.165, 1.54) is 5.52 Å². The highest BCUT2D eigenvalue weighted by Crippen LogP contribution is 2.35. The maximum absolute atomic E-state index is 5.56. The Balaban J connectivity index is 0.00000131. The van der Waals surface area contributed by atoms with Crippen LogP contribution in [0.25, 0.3) is 11.0 Å². The van der Waals surface area contributed by atoms with Crippen LogP contribution in [-0.2, 0) is 13.1 Å². The van der Waals surface area contributed by atoms with E-state index in [4.69, 9.17) is 15.2 Å². The fraction of sp³-hybridized carbons (Fsp3) is 0.500. The SMILES string of the molecule is CC(C)n1c(C2CCCN2Cc2noc(CN)n2)nc2ccccc21.Cl.Cl. The van der Waals surface area contributed by atoms with Crippen molar-refractivity contribution in [3.8, 4) is 0 Å². The van der Waals surface area contributed by atoms with Crippen molar-refractivity contribution in [3.05, 3.63) is 41.8 Å². The van der Waals surface area contributed by atoms with Crippen LogP contribution in [0.3, 0.4) is 0 Å². The Hall–Kier alpha value is -1.67. The molecule has 0 aliphatic carbocycles. The van der Waals surface area contributed by atoms with Crippen LogP contribution in [0.2, 0.25) is 0 Å². The monoisotopic (exact) mass is 412 g/mol. The van der Waals surface area contributed by atoms with Crippen molar-refractivity contribution in [2.24, 2.45) is 5.73 Å². The predicted octanol–water partition coefficient (Wildman–Crippen LogP) is 3.64. The van der Waals surface area contributed by atoms with Gasteiger partial charge in [0.1, 0.15) is 5.82 Å². The summed E-state index contributed by atoms with van der Waals surface area (Å²) in [4.78, 5) is 11.7. The number of halogens is 2. The van der Waals surface area contributed by atoms with Gasteiger partial charge in [-0.3, -0.25) is 4.90 Å². The molecule has 148 valence electrons. The van der Waals surface area contributed by atoms with Gasteiger partial charge in [-0.1, -0.05) is 17.3 Å². The fourth-order valence-corrected chi connectivity index (χ4v) is 3.77. The van der Waals surface area contributed by atoms with Crippen molar-refractivity contribution in [3.63, 3.8) is 0 Å². The first kappa shape index (κ1) is 21.6. The summed E-state index contributed by atoms with van der Waals surface area (Å²) >= 11 is 0. The number of rotatable bonds is 5. The third-order valence-electron chi connectivity index (χ3n) is 4.83. The third kappa shape index (κ3) is 4.11. The van der Waals surface area contributed by atoms with Crippen molar-refractivity contribution in [2.45, 2.75) is 51.9 Å². The normalized spacial score (nSPS) is 17.3. The van der Waals surface area contributed by atoms with E-state index in [-0.39, 0.29) is 37.4 Å². The second kappa shape index (κ2) is 9.01. The molecule has 1 saturated heterocycles. The van der Waals surface area contributed by atoms with Crippen LogP contribution in [0.15, 0.2) is 28.8 Å². The molecule has 2 N–H and O–H groups in total. The summed E-state index contributed by atoms with van der Waals surface area (Å²) in [6, 6.07) is 8.99. The summed E-state index contributed by atoms with van der Waals surface area (Å²) in [5, 5.41) is 4.04. The van der Waals surface area contributed by atoms with Crippen LogP contribution in [-0.4, -0.2) is 31.1 Å². The number of nitrogens with zero attached hydrogens (tertiary/aromatic N) is 5. The molecule has 0 spiro atoms. The molecule has 2 aromatic heterocycles. The molecule has 3 heterocycles. The molecule has 3 aromatic rings. The lowest BCUT2D eigenvalue weighted by atomic mass is 10.2.